The summed E-state index contributed by atoms with van der Waals surface area (Å²) in [5.41, 5.74) is 1.03. The Morgan fingerprint density at radius 1 is 1.29 bits per heavy atom. The van der Waals surface area contributed by atoms with Gasteiger partial charge >= 0.3 is 5.97 Å². The number of hydrogen-bond donors (Lipinski definition) is 3. The van der Waals surface area contributed by atoms with Gasteiger partial charge in [-0.2, -0.15) is 0 Å². The first-order valence-corrected chi connectivity index (χ1v) is 9.03. The van der Waals surface area contributed by atoms with Gasteiger partial charge in [-0.1, -0.05) is 13.0 Å². The summed E-state index contributed by atoms with van der Waals surface area (Å²) in [5, 5.41) is 20.5. The van der Waals surface area contributed by atoms with Crippen molar-refractivity contribution >= 4 is 16.9 Å². The van der Waals surface area contributed by atoms with Gasteiger partial charge in [0.2, 0.25) is 0 Å². The van der Waals surface area contributed by atoms with Gasteiger partial charge < -0.3 is 29.2 Å². The van der Waals surface area contributed by atoms with E-state index in [1.54, 1.807) is 6.92 Å². The summed E-state index contributed by atoms with van der Waals surface area (Å²) in [4.78, 5) is 26.1. The molecule has 0 atom stereocenters. The van der Waals surface area contributed by atoms with Gasteiger partial charge in [0.15, 0.2) is 11.9 Å². The third-order valence-corrected chi connectivity index (χ3v) is 4.95. The number of aromatic carboxylic acids is 1. The van der Waals surface area contributed by atoms with Crippen LogP contribution in [-0.4, -0.2) is 45.2 Å². The number of carboxylic acids is 1. The van der Waals surface area contributed by atoms with Crippen molar-refractivity contribution in [2.24, 2.45) is 0 Å². The summed E-state index contributed by atoms with van der Waals surface area (Å²) in [7, 11) is 0. The largest absolute Gasteiger partial charge is 0.506 e. The first kappa shape index (κ1) is 18.3. The quantitative estimate of drug-likeness (QED) is 0.622. The molecule has 3 heterocycles. The maximum Gasteiger partial charge on any atom is 0.345 e. The lowest BCUT2D eigenvalue weighted by atomic mass is 9.99. The minimum Gasteiger partial charge on any atom is -0.506 e. The fourth-order valence-corrected chi connectivity index (χ4v) is 3.61. The number of pyridine rings is 1. The number of hydrogen-bond acceptors (Lipinski definition) is 5. The molecule has 28 heavy (non-hydrogen) atoms. The smallest absolute Gasteiger partial charge is 0.345 e. The van der Waals surface area contributed by atoms with E-state index < -0.39 is 22.8 Å². The minimum atomic E-state index is -1.45. The summed E-state index contributed by atoms with van der Waals surface area (Å²) < 4.78 is 13.0. The molecule has 3 aromatic rings. The van der Waals surface area contributed by atoms with Crippen LogP contribution in [0, 0.1) is 0 Å². The summed E-state index contributed by atoms with van der Waals surface area (Å²) in [6.07, 6.45) is 2.04. The molecule has 0 spiro atoms. The molecule has 0 amide bonds. The predicted molar refractivity (Wildman–Crippen MR) is 102 cm³/mol. The highest BCUT2D eigenvalue weighted by Gasteiger charge is 2.22. The summed E-state index contributed by atoms with van der Waals surface area (Å²) in [5.74, 6) is -1.94. The van der Waals surface area contributed by atoms with Crippen LogP contribution in [0.2, 0.25) is 0 Å². The monoisotopic (exact) mass is 384 g/mol. The molecule has 4 rings (SSSR count). The van der Waals surface area contributed by atoms with Gasteiger partial charge in [0.25, 0.3) is 5.56 Å². The highest BCUT2D eigenvalue weighted by atomic mass is 16.7. The topological polar surface area (TPSA) is 114 Å². The second-order valence-corrected chi connectivity index (χ2v) is 6.60. The molecule has 1 saturated heterocycles. The van der Waals surface area contributed by atoms with Crippen LogP contribution in [0.3, 0.4) is 0 Å². The van der Waals surface area contributed by atoms with Crippen LogP contribution >= 0.6 is 0 Å². The van der Waals surface area contributed by atoms with E-state index in [0.717, 1.165) is 10.9 Å². The first-order chi connectivity index (χ1) is 13.5. The Hall–Kier alpha value is -3.10. The average molecular weight is 384 g/mol. The average Bonchev–Trinajstić information content (AvgIpc) is 3.31. The Bertz CT molecular complexity index is 1110. The molecule has 1 aliphatic rings. The third kappa shape index (κ3) is 3.06. The van der Waals surface area contributed by atoms with Gasteiger partial charge in [-0.05, 0) is 30.2 Å². The maximum absolute atomic E-state index is 12.2. The van der Waals surface area contributed by atoms with E-state index >= 15 is 0 Å². The Balaban J connectivity index is 1.77. The van der Waals surface area contributed by atoms with Crippen molar-refractivity contribution in [1.29, 1.82) is 0 Å². The predicted octanol–water partition coefficient (Wildman–Crippen LogP) is 2.34. The first-order valence-electron chi connectivity index (χ1n) is 9.03. The van der Waals surface area contributed by atoms with E-state index in [0.29, 0.717) is 43.0 Å². The second kappa shape index (κ2) is 7.14. The highest BCUT2D eigenvalue weighted by molar-refractivity contribution is 5.92. The molecule has 0 unspecified atom stereocenters. The van der Waals surface area contributed by atoms with Gasteiger partial charge in [0.05, 0.1) is 25.5 Å². The van der Waals surface area contributed by atoms with Crippen LogP contribution in [0.4, 0.5) is 0 Å². The lowest BCUT2D eigenvalue weighted by molar-refractivity contribution is -0.0517. The molecule has 8 nitrogen and oxygen atoms in total. The van der Waals surface area contributed by atoms with Gasteiger partial charge in [0, 0.05) is 22.7 Å². The SMILES string of the molecule is CCc1c(-c2ccc3c(ccn3CC3OCCO3)c2)[nH]c(=O)c(C(=O)O)c1O. The number of aromatic nitrogens is 2. The fourth-order valence-electron chi connectivity index (χ4n) is 3.61. The number of H-pyrrole nitrogens is 1. The van der Waals surface area contributed by atoms with Crippen LogP contribution in [0.25, 0.3) is 22.2 Å². The zero-order valence-corrected chi connectivity index (χ0v) is 15.3. The Kier molecular flexibility index (Phi) is 4.66. The van der Waals surface area contributed by atoms with Crippen molar-refractivity contribution in [3.8, 4) is 17.0 Å². The number of nitrogens with zero attached hydrogens (tertiary/aromatic N) is 1. The molecule has 1 fully saturated rings. The number of carboxylic acid groups (broad SMARTS) is 1. The molecule has 1 aliphatic heterocycles. The highest BCUT2D eigenvalue weighted by Crippen LogP contribution is 2.32. The van der Waals surface area contributed by atoms with Crippen LogP contribution in [0.1, 0.15) is 22.8 Å². The molecule has 1 aromatic carbocycles. The van der Waals surface area contributed by atoms with Crippen molar-refractivity contribution in [3.63, 3.8) is 0 Å². The van der Waals surface area contributed by atoms with Crippen LogP contribution in [0.5, 0.6) is 5.75 Å². The number of carbonyl (C=O) groups is 1. The lowest BCUT2D eigenvalue weighted by Gasteiger charge is -2.13. The summed E-state index contributed by atoms with van der Waals surface area (Å²) in [6.45, 7) is 3.56. The molecule has 0 bridgehead atoms. The Labute approximate surface area is 159 Å². The van der Waals surface area contributed by atoms with E-state index in [4.69, 9.17) is 9.47 Å². The number of nitrogens with one attached hydrogen (secondary N) is 1. The van der Waals surface area contributed by atoms with Crippen LogP contribution in [0.15, 0.2) is 35.3 Å². The maximum atomic E-state index is 12.2. The molecular weight excluding hydrogens is 364 g/mol. The van der Waals surface area contributed by atoms with E-state index in [-0.39, 0.29) is 6.29 Å². The molecule has 8 heteroatoms. The Morgan fingerprint density at radius 3 is 2.71 bits per heavy atom. The van der Waals surface area contributed by atoms with Gasteiger partial charge in [0.1, 0.15) is 5.75 Å². The van der Waals surface area contributed by atoms with E-state index in [9.17, 15) is 19.8 Å². The van der Waals surface area contributed by atoms with E-state index in [2.05, 4.69) is 4.98 Å². The molecule has 2 aromatic heterocycles. The van der Waals surface area contributed by atoms with Crippen molar-refractivity contribution in [3.05, 3.63) is 51.9 Å². The summed E-state index contributed by atoms with van der Waals surface area (Å²) >= 11 is 0. The van der Waals surface area contributed by atoms with Crippen molar-refractivity contribution < 1.29 is 24.5 Å². The number of rotatable bonds is 5. The molecule has 146 valence electrons. The van der Waals surface area contributed by atoms with Gasteiger partial charge in [-0.25, -0.2) is 4.79 Å². The minimum absolute atomic E-state index is 0.265. The molecular formula is C20H20N2O6. The zero-order chi connectivity index (χ0) is 19.8. The standard InChI is InChI=1S/C20H20N2O6/c1-2-13-17(21-19(24)16(18(13)23)20(25)26)12-3-4-14-11(9-12)5-6-22(14)10-15-27-7-8-28-15/h3-6,9,15H,2,7-8,10H2,1H3,(H,25,26)(H2,21,23,24). The van der Waals surface area contributed by atoms with E-state index in [1.165, 1.54) is 0 Å². The number of fused-ring (bicyclic) bond motifs is 1. The molecule has 3 N–H and O–H groups in total. The van der Waals surface area contributed by atoms with Crippen LogP contribution in [-0.2, 0) is 22.4 Å². The normalized spacial score (nSPS) is 14.8. The number of aromatic amines is 1. The lowest BCUT2D eigenvalue weighted by Crippen LogP contribution is -2.20. The third-order valence-electron chi connectivity index (χ3n) is 4.95. The zero-order valence-electron chi connectivity index (χ0n) is 15.3. The Morgan fingerprint density at radius 2 is 2.04 bits per heavy atom. The van der Waals surface area contributed by atoms with E-state index in [1.807, 2.05) is 35.0 Å². The molecule has 0 radical (unpaired) electrons. The van der Waals surface area contributed by atoms with Crippen LogP contribution < -0.4 is 5.56 Å². The summed E-state index contributed by atoms with van der Waals surface area (Å²) in [6, 6.07) is 7.59. The second-order valence-electron chi connectivity index (χ2n) is 6.60. The molecule has 0 saturated carbocycles. The number of aromatic hydroxyl groups is 1. The van der Waals surface area contributed by atoms with Gasteiger partial charge in [-0.15, -0.1) is 0 Å². The van der Waals surface area contributed by atoms with Crippen molar-refractivity contribution in [2.75, 3.05) is 13.2 Å². The fraction of sp³-hybridized carbons (Fsp3) is 0.300. The number of benzene rings is 1. The van der Waals surface area contributed by atoms with Crippen molar-refractivity contribution in [1.82, 2.24) is 9.55 Å². The van der Waals surface area contributed by atoms with Crippen molar-refractivity contribution in [2.45, 2.75) is 26.2 Å². The number of ether oxygens (including phenoxy) is 2. The van der Waals surface area contributed by atoms with Gasteiger partial charge in [-0.3, -0.25) is 4.79 Å². The molecule has 0 aliphatic carbocycles.